The molecule has 7 nitrogen and oxygen atoms in total. The largest absolute Gasteiger partial charge is 0.504 e. The third-order valence-corrected chi connectivity index (χ3v) is 1.52. The smallest absolute Gasteiger partial charge is 0.271 e. The maximum Gasteiger partial charge on any atom is 0.271 e. The molecule has 1 amide bonds. The van der Waals surface area contributed by atoms with Crippen molar-refractivity contribution in [2.45, 2.75) is 0 Å². The van der Waals surface area contributed by atoms with Crippen LogP contribution in [0.5, 0.6) is 11.5 Å². The van der Waals surface area contributed by atoms with Crippen molar-refractivity contribution in [3.63, 3.8) is 0 Å². The van der Waals surface area contributed by atoms with Gasteiger partial charge in [0.15, 0.2) is 11.5 Å². The van der Waals surface area contributed by atoms with Crippen LogP contribution in [0.2, 0.25) is 0 Å². The van der Waals surface area contributed by atoms with Gasteiger partial charge in [0.05, 0.1) is 0 Å². The molecule has 0 saturated carbocycles. The standard InChI is InChI=1S/C8H10N4O3/c9-8(10)12-11-7(15)4-1-2-5(13)6(14)3-4/h1-3,13-14H,(H,11,15)(H4,9,10,12). The molecule has 7 N–H and O–H groups in total. The number of phenolic OH excluding ortho intramolecular Hbond substituents is 2. The van der Waals surface area contributed by atoms with E-state index in [0.717, 1.165) is 6.07 Å². The number of amides is 1. The fourth-order valence-corrected chi connectivity index (χ4v) is 0.845. The number of aromatic hydroxyl groups is 2. The molecular weight excluding hydrogens is 200 g/mol. The van der Waals surface area contributed by atoms with Crippen LogP contribution in [0.25, 0.3) is 0 Å². The van der Waals surface area contributed by atoms with Gasteiger partial charge in [0.25, 0.3) is 5.91 Å². The third kappa shape index (κ3) is 2.76. The molecule has 1 aromatic rings. The zero-order valence-electron chi connectivity index (χ0n) is 7.64. The van der Waals surface area contributed by atoms with E-state index >= 15 is 0 Å². The van der Waals surface area contributed by atoms with Crippen LogP contribution in [0.4, 0.5) is 0 Å². The summed E-state index contributed by atoms with van der Waals surface area (Å²) in [6.45, 7) is 0. The number of rotatable bonds is 2. The molecule has 0 unspecified atom stereocenters. The topological polar surface area (TPSA) is 134 Å². The van der Waals surface area contributed by atoms with Gasteiger partial charge in [0.1, 0.15) is 0 Å². The highest BCUT2D eigenvalue weighted by Crippen LogP contribution is 2.24. The number of hydrogen-bond acceptors (Lipinski definition) is 4. The molecule has 0 spiro atoms. The van der Waals surface area contributed by atoms with Crippen molar-refractivity contribution in [3.05, 3.63) is 23.8 Å². The van der Waals surface area contributed by atoms with Gasteiger partial charge in [0, 0.05) is 5.56 Å². The first-order chi connectivity index (χ1) is 7.00. The Balaban J connectivity index is 2.83. The second-order valence-corrected chi connectivity index (χ2v) is 2.68. The van der Waals surface area contributed by atoms with E-state index in [1.165, 1.54) is 12.1 Å². The Hall–Kier alpha value is -2.44. The Morgan fingerprint density at radius 3 is 2.47 bits per heavy atom. The highest BCUT2D eigenvalue weighted by Gasteiger charge is 2.07. The Kier molecular flexibility index (Phi) is 2.97. The van der Waals surface area contributed by atoms with Gasteiger partial charge < -0.3 is 21.7 Å². The van der Waals surface area contributed by atoms with Crippen molar-refractivity contribution < 1.29 is 15.0 Å². The van der Waals surface area contributed by atoms with Crippen LogP contribution in [-0.4, -0.2) is 22.1 Å². The highest BCUT2D eigenvalue weighted by molar-refractivity contribution is 5.95. The molecule has 0 aliphatic rings. The predicted molar refractivity (Wildman–Crippen MR) is 53.0 cm³/mol. The van der Waals surface area contributed by atoms with Gasteiger partial charge in [-0.3, -0.25) is 4.79 Å². The van der Waals surface area contributed by atoms with Gasteiger partial charge in [-0.05, 0) is 18.2 Å². The average Bonchev–Trinajstić information content (AvgIpc) is 2.18. The molecule has 80 valence electrons. The number of phenols is 2. The number of guanidine groups is 1. The maximum absolute atomic E-state index is 11.3. The van der Waals surface area contributed by atoms with Crippen molar-refractivity contribution in [1.29, 1.82) is 0 Å². The van der Waals surface area contributed by atoms with Crippen LogP contribution >= 0.6 is 0 Å². The zero-order chi connectivity index (χ0) is 11.4. The molecule has 0 aliphatic carbocycles. The number of hydrazone groups is 1. The molecule has 7 heteroatoms. The first-order valence-electron chi connectivity index (χ1n) is 3.91. The van der Waals surface area contributed by atoms with Crippen LogP contribution < -0.4 is 16.9 Å². The fraction of sp³-hybridized carbons (Fsp3) is 0. The van der Waals surface area contributed by atoms with E-state index in [1.54, 1.807) is 0 Å². The van der Waals surface area contributed by atoms with Gasteiger partial charge >= 0.3 is 0 Å². The Morgan fingerprint density at radius 2 is 1.93 bits per heavy atom. The molecule has 0 saturated heterocycles. The minimum absolute atomic E-state index is 0.121. The summed E-state index contributed by atoms with van der Waals surface area (Å²) in [5, 5.41) is 21.4. The summed E-state index contributed by atoms with van der Waals surface area (Å²) in [4.78, 5) is 11.3. The molecule has 0 aliphatic heterocycles. The van der Waals surface area contributed by atoms with Crippen molar-refractivity contribution in [2.75, 3.05) is 0 Å². The van der Waals surface area contributed by atoms with E-state index < -0.39 is 11.7 Å². The summed E-state index contributed by atoms with van der Waals surface area (Å²) >= 11 is 0. The molecule has 0 atom stereocenters. The average molecular weight is 210 g/mol. The molecule has 1 aromatic carbocycles. The molecule has 0 bridgehead atoms. The van der Waals surface area contributed by atoms with E-state index in [1.807, 2.05) is 0 Å². The molecular formula is C8H10N4O3. The quantitative estimate of drug-likeness (QED) is 0.185. The number of benzene rings is 1. The van der Waals surface area contributed by atoms with E-state index in [0.29, 0.717) is 0 Å². The lowest BCUT2D eigenvalue weighted by molar-refractivity contribution is 0.0954. The number of nitrogens with one attached hydrogen (secondary N) is 1. The fourth-order valence-electron chi connectivity index (χ4n) is 0.845. The Labute approximate surface area is 85.0 Å². The third-order valence-electron chi connectivity index (χ3n) is 1.52. The summed E-state index contributed by atoms with van der Waals surface area (Å²) in [6, 6.07) is 3.58. The lowest BCUT2D eigenvalue weighted by atomic mass is 10.2. The summed E-state index contributed by atoms with van der Waals surface area (Å²) in [5.74, 6) is -1.59. The summed E-state index contributed by atoms with van der Waals surface area (Å²) in [6.07, 6.45) is 0. The van der Waals surface area contributed by atoms with Gasteiger partial charge in [-0.1, -0.05) is 0 Å². The number of carbonyl (C=O) groups excluding carboxylic acids is 1. The van der Waals surface area contributed by atoms with Gasteiger partial charge in [-0.15, -0.1) is 5.10 Å². The van der Waals surface area contributed by atoms with Crippen LogP contribution in [0.1, 0.15) is 10.4 Å². The lowest BCUT2D eigenvalue weighted by Crippen LogP contribution is -2.28. The van der Waals surface area contributed by atoms with Crippen molar-refractivity contribution >= 4 is 11.9 Å². The van der Waals surface area contributed by atoms with E-state index in [2.05, 4.69) is 10.5 Å². The van der Waals surface area contributed by atoms with E-state index in [9.17, 15) is 4.79 Å². The summed E-state index contributed by atoms with van der Waals surface area (Å²) in [5.41, 5.74) is 12.2. The van der Waals surface area contributed by atoms with Crippen LogP contribution in [0, 0.1) is 0 Å². The van der Waals surface area contributed by atoms with Crippen LogP contribution in [0.3, 0.4) is 0 Å². The SMILES string of the molecule is NC(N)=NNC(=O)c1ccc(O)c(O)c1. The van der Waals surface area contributed by atoms with Gasteiger partial charge in [-0.2, -0.15) is 0 Å². The van der Waals surface area contributed by atoms with Gasteiger partial charge in [0.2, 0.25) is 5.96 Å². The molecule has 0 radical (unpaired) electrons. The zero-order valence-corrected chi connectivity index (χ0v) is 7.64. The number of carbonyl (C=O) groups is 1. The van der Waals surface area contributed by atoms with Crippen LogP contribution in [-0.2, 0) is 0 Å². The normalized spacial score (nSPS) is 9.33. The van der Waals surface area contributed by atoms with Crippen molar-refractivity contribution in [2.24, 2.45) is 16.6 Å². The molecule has 15 heavy (non-hydrogen) atoms. The Bertz CT molecular complexity index is 412. The molecule has 0 heterocycles. The number of nitrogens with two attached hydrogens (primary N) is 2. The number of hydrogen-bond donors (Lipinski definition) is 5. The maximum atomic E-state index is 11.3. The van der Waals surface area contributed by atoms with E-state index in [-0.39, 0.29) is 17.3 Å². The van der Waals surface area contributed by atoms with Gasteiger partial charge in [-0.25, -0.2) is 5.43 Å². The van der Waals surface area contributed by atoms with E-state index in [4.69, 9.17) is 21.7 Å². The minimum Gasteiger partial charge on any atom is -0.504 e. The first kappa shape index (κ1) is 10.6. The lowest BCUT2D eigenvalue weighted by Gasteiger charge is -2.02. The second-order valence-electron chi connectivity index (χ2n) is 2.68. The first-order valence-corrected chi connectivity index (χ1v) is 3.91. The molecule has 0 aromatic heterocycles. The summed E-state index contributed by atoms with van der Waals surface area (Å²) in [7, 11) is 0. The molecule has 0 fully saturated rings. The highest BCUT2D eigenvalue weighted by atomic mass is 16.3. The Morgan fingerprint density at radius 1 is 1.27 bits per heavy atom. The predicted octanol–water partition coefficient (Wildman–Crippen LogP) is -0.984. The minimum atomic E-state index is -0.598. The van der Waals surface area contributed by atoms with Crippen molar-refractivity contribution in [1.82, 2.24) is 5.43 Å². The number of nitrogens with zero attached hydrogens (tertiary/aromatic N) is 1. The van der Waals surface area contributed by atoms with Crippen LogP contribution in [0.15, 0.2) is 23.3 Å². The molecule has 1 rings (SSSR count). The van der Waals surface area contributed by atoms with Crippen molar-refractivity contribution in [3.8, 4) is 11.5 Å². The second kappa shape index (κ2) is 4.18. The monoisotopic (exact) mass is 210 g/mol. The summed E-state index contributed by atoms with van der Waals surface area (Å²) < 4.78 is 0.